The highest BCUT2D eigenvalue weighted by molar-refractivity contribution is 5.81. The van der Waals surface area contributed by atoms with Crippen molar-refractivity contribution in [3.05, 3.63) is 0 Å². The predicted molar refractivity (Wildman–Crippen MR) is 53.6 cm³/mol. The lowest BCUT2D eigenvalue weighted by atomic mass is 9.98. The van der Waals surface area contributed by atoms with Gasteiger partial charge in [0.15, 0.2) is 0 Å². The first kappa shape index (κ1) is 13.8. The topological polar surface area (TPSA) is 70.1 Å². The zero-order valence-corrected chi connectivity index (χ0v) is 9.20. The van der Waals surface area contributed by atoms with Gasteiger partial charge in [-0.15, -0.1) is 0 Å². The van der Waals surface area contributed by atoms with Gasteiger partial charge in [0.25, 0.3) is 0 Å². The summed E-state index contributed by atoms with van der Waals surface area (Å²) in [7, 11) is 0. The Morgan fingerprint density at radius 2 is 2.00 bits per heavy atom. The fraction of sp³-hybridized carbons (Fsp3) is 0.800. The van der Waals surface area contributed by atoms with Crippen molar-refractivity contribution in [2.75, 3.05) is 13.1 Å². The summed E-state index contributed by atoms with van der Waals surface area (Å²) in [4.78, 5) is 12.9. The molecule has 1 fully saturated rings. The zero-order valence-electron chi connectivity index (χ0n) is 9.20. The van der Waals surface area contributed by atoms with Crippen molar-refractivity contribution in [3.63, 3.8) is 0 Å². The van der Waals surface area contributed by atoms with Gasteiger partial charge in [0.1, 0.15) is 0 Å². The van der Waals surface area contributed by atoms with Crippen LogP contribution in [-0.4, -0.2) is 36.1 Å². The molecule has 1 heterocycles. The molecule has 0 spiro atoms. The van der Waals surface area contributed by atoms with Gasteiger partial charge in [0.2, 0.25) is 5.91 Å². The van der Waals surface area contributed by atoms with Crippen LogP contribution in [0.25, 0.3) is 0 Å². The van der Waals surface area contributed by atoms with Crippen molar-refractivity contribution >= 4 is 5.91 Å². The van der Waals surface area contributed by atoms with Crippen LogP contribution in [0.5, 0.6) is 0 Å². The molecule has 7 heteroatoms. The van der Waals surface area contributed by atoms with E-state index in [9.17, 15) is 18.0 Å². The minimum absolute atomic E-state index is 0.113. The summed E-state index contributed by atoms with van der Waals surface area (Å²) in [5.74, 6) is -0.795. The normalized spacial score (nSPS) is 19.8. The number of carbonyl (C=O) groups excluding carboxylic acids is 1. The number of piperidine rings is 1. The van der Waals surface area contributed by atoms with E-state index in [1.165, 1.54) is 4.90 Å². The lowest BCUT2D eigenvalue weighted by Crippen LogP contribution is -2.48. The molecule has 1 aliphatic rings. The molecule has 1 amide bonds. The Balaban J connectivity index is 2.46. The molecule has 0 aromatic carbocycles. The molecule has 1 atom stereocenters. The highest BCUT2D eigenvalue weighted by atomic mass is 19.4. The van der Waals surface area contributed by atoms with Crippen LogP contribution in [-0.2, 0) is 4.79 Å². The minimum Gasteiger partial charge on any atom is -0.341 e. The quantitative estimate of drug-likeness (QED) is 0.794. The second-order valence-corrected chi connectivity index (χ2v) is 4.15. The molecule has 4 nitrogen and oxygen atoms in total. The Labute approximate surface area is 97.2 Å². The molecule has 1 saturated heterocycles. The first-order valence-corrected chi connectivity index (χ1v) is 5.34. The molecule has 1 aliphatic heterocycles. The molecule has 0 aliphatic carbocycles. The lowest BCUT2D eigenvalue weighted by Gasteiger charge is -2.31. The first-order valence-electron chi connectivity index (χ1n) is 5.34. The van der Waals surface area contributed by atoms with Gasteiger partial charge in [-0.1, -0.05) is 0 Å². The van der Waals surface area contributed by atoms with Crippen LogP contribution in [0.4, 0.5) is 13.2 Å². The Hall–Kier alpha value is -1.29. The Morgan fingerprint density at radius 1 is 1.47 bits per heavy atom. The number of nitriles is 1. The average molecular weight is 249 g/mol. The summed E-state index contributed by atoms with van der Waals surface area (Å²) in [5.41, 5.74) is 5.23. The van der Waals surface area contributed by atoms with Crippen LogP contribution < -0.4 is 5.73 Å². The van der Waals surface area contributed by atoms with Gasteiger partial charge in [0, 0.05) is 19.0 Å². The van der Waals surface area contributed by atoms with Crippen LogP contribution >= 0.6 is 0 Å². The van der Waals surface area contributed by atoms with Gasteiger partial charge in [-0.2, -0.15) is 18.4 Å². The third-order valence-corrected chi connectivity index (χ3v) is 2.76. The minimum atomic E-state index is -4.43. The van der Waals surface area contributed by atoms with Gasteiger partial charge >= 0.3 is 6.18 Å². The number of nitrogens with zero attached hydrogens (tertiary/aromatic N) is 2. The molecular weight excluding hydrogens is 235 g/mol. The smallest absolute Gasteiger partial charge is 0.341 e. The summed E-state index contributed by atoms with van der Waals surface area (Å²) in [6.45, 7) is 0.616. The van der Waals surface area contributed by atoms with Crippen LogP contribution in [0.15, 0.2) is 0 Å². The number of likely N-dealkylation sites (tertiary alicyclic amines) is 1. The second-order valence-electron chi connectivity index (χ2n) is 4.15. The van der Waals surface area contributed by atoms with Gasteiger partial charge in [-0.05, 0) is 12.8 Å². The number of hydrogen-bond donors (Lipinski definition) is 1. The fourth-order valence-electron chi connectivity index (χ4n) is 1.80. The van der Waals surface area contributed by atoms with Gasteiger partial charge in [0.05, 0.1) is 18.5 Å². The number of rotatable bonds is 2. The van der Waals surface area contributed by atoms with E-state index in [4.69, 9.17) is 11.0 Å². The van der Waals surface area contributed by atoms with E-state index in [0.717, 1.165) is 0 Å². The predicted octanol–water partition coefficient (Wildman–Crippen LogP) is 1.03. The van der Waals surface area contributed by atoms with E-state index in [2.05, 4.69) is 6.07 Å². The van der Waals surface area contributed by atoms with Gasteiger partial charge < -0.3 is 10.6 Å². The van der Waals surface area contributed by atoms with Crippen LogP contribution in [0.1, 0.15) is 19.3 Å². The van der Waals surface area contributed by atoms with Crippen molar-refractivity contribution < 1.29 is 18.0 Å². The maximum absolute atomic E-state index is 12.1. The van der Waals surface area contributed by atoms with Crippen molar-refractivity contribution in [2.45, 2.75) is 31.5 Å². The summed E-state index contributed by atoms with van der Waals surface area (Å²) >= 11 is 0. The SMILES string of the molecule is N#CC1CCN(C(=O)[C@H](N)CC(F)(F)F)CC1. The highest BCUT2D eigenvalue weighted by Gasteiger charge is 2.35. The Bertz CT molecular complexity index is 316. The molecule has 0 aromatic rings. The third kappa shape index (κ3) is 4.23. The van der Waals surface area contributed by atoms with Crippen molar-refractivity contribution in [1.82, 2.24) is 4.90 Å². The highest BCUT2D eigenvalue weighted by Crippen LogP contribution is 2.23. The molecule has 0 bridgehead atoms. The average Bonchev–Trinajstić information content (AvgIpc) is 2.26. The summed E-state index contributed by atoms with van der Waals surface area (Å²) < 4.78 is 36.2. The van der Waals surface area contributed by atoms with Gasteiger partial charge in [-0.3, -0.25) is 4.79 Å². The molecule has 17 heavy (non-hydrogen) atoms. The molecule has 1 rings (SSSR count). The number of amides is 1. The summed E-state index contributed by atoms with van der Waals surface area (Å²) in [6.07, 6.45) is -4.73. The number of halogens is 3. The maximum atomic E-state index is 12.1. The van der Waals surface area contributed by atoms with Crippen LogP contribution in [0.3, 0.4) is 0 Å². The summed E-state index contributed by atoms with van der Waals surface area (Å²) in [6, 6.07) is 0.548. The van der Waals surface area contributed by atoms with Crippen LogP contribution in [0.2, 0.25) is 0 Å². The van der Waals surface area contributed by atoms with E-state index in [1.54, 1.807) is 0 Å². The summed E-state index contributed by atoms with van der Waals surface area (Å²) in [5, 5.41) is 8.65. The number of nitrogens with two attached hydrogens (primary N) is 1. The maximum Gasteiger partial charge on any atom is 0.391 e. The number of hydrogen-bond acceptors (Lipinski definition) is 3. The van der Waals surface area contributed by atoms with Crippen molar-refractivity contribution in [1.29, 1.82) is 5.26 Å². The molecular formula is C10H14F3N3O. The Kier molecular flexibility index (Phi) is 4.34. The molecule has 0 aromatic heterocycles. The van der Waals surface area contributed by atoms with E-state index in [0.29, 0.717) is 25.9 Å². The standard InChI is InChI=1S/C10H14F3N3O/c11-10(12,13)5-8(15)9(17)16-3-1-7(6-14)2-4-16/h7-8H,1-5,15H2/t8-/m1/s1. The lowest BCUT2D eigenvalue weighted by molar-refractivity contribution is -0.153. The van der Waals surface area contributed by atoms with Crippen molar-refractivity contribution in [2.24, 2.45) is 11.7 Å². The molecule has 0 unspecified atom stereocenters. The molecule has 0 radical (unpaired) electrons. The fourth-order valence-corrected chi connectivity index (χ4v) is 1.80. The number of carbonyl (C=O) groups is 1. The van der Waals surface area contributed by atoms with E-state index >= 15 is 0 Å². The van der Waals surface area contributed by atoms with E-state index < -0.39 is 24.5 Å². The van der Waals surface area contributed by atoms with E-state index in [1.807, 2.05) is 0 Å². The molecule has 0 saturated carbocycles. The Morgan fingerprint density at radius 3 is 2.41 bits per heavy atom. The van der Waals surface area contributed by atoms with E-state index in [-0.39, 0.29) is 5.92 Å². The van der Waals surface area contributed by atoms with Gasteiger partial charge in [-0.25, -0.2) is 0 Å². The largest absolute Gasteiger partial charge is 0.391 e. The monoisotopic (exact) mass is 249 g/mol. The van der Waals surface area contributed by atoms with Crippen LogP contribution in [0, 0.1) is 17.2 Å². The molecule has 2 N–H and O–H groups in total. The second kappa shape index (κ2) is 5.36. The molecule has 96 valence electrons. The van der Waals surface area contributed by atoms with Crippen molar-refractivity contribution in [3.8, 4) is 6.07 Å². The zero-order chi connectivity index (χ0) is 13.1. The third-order valence-electron chi connectivity index (χ3n) is 2.76. The first-order chi connectivity index (χ1) is 7.83. The number of alkyl halides is 3.